The van der Waals surface area contributed by atoms with E-state index in [-0.39, 0.29) is 12.5 Å². The molecule has 15 heavy (non-hydrogen) atoms. The molecule has 0 atom stereocenters. The lowest BCUT2D eigenvalue weighted by Crippen LogP contribution is -2.52. The molecule has 0 heterocycles. The van der Waals surface area contributed by atoms with E-state index in [9.17, 15) is 9.59 Å². The van der Waals surface area contributed by atoms with Gasteiger partial charge in [0.15, 0.2) is 0 Å². The van der Waals surface area contributed by atoms with Gasteiger partial charge in [0, 0.05) is 6.54 Å². The van der Waals surface area contributed by atoms with Crippen molar-refractivity contribution in [2.45, 2.75) is 26.2 Å². The van der Waals surface area contributed by atoms with E-state index >= 15 is 0 Å². The van der Waals surface area contributed by atoms with Crippen LogP contribution in [0.25, 0.3) is 0 Å². The van der Waals surface area contributed by atoms with Crippen LogP contribution in [0.15, 0.2) is 0 Å². The number of rotatable bonds is 4. The van der Waals surface area contributed by atoms with Crippen LogP contribution in [0.3, 0.4) is 0 Å². The van der Waals surface area contributed by atoms with Gasteiger partial charge in [0.05, 0.1) is 6.54 Å². The highest BCUT2D eigenvalue weighted by Gasteiger charge is 2.52. The average Bonchev–Trinajstić information content (AvgIpc) is 2.11. The monoisotopic (exact) mass is 209 g/mol. The van der Waals surface area contributed by atoms with Gasteiger partial charge in [-0.05, 0) is 19.8 Å². The summed E-state index contributed by atoms with van der Waals surface area (Å²) in [4.78, 5) is 24.5. The van der Waals surface area contributed by atoms with Crippen LogP contribution in [0, 0.1) is 17.8 Å². The molecule has 4 nitrogen and oxygen atoms in total. The molecule has 0 aromatic rings. The van der Waals surface area contributed by atoms with E-state index in [0.717, 1.165) is 6.42 Å². The largest absolute Gasteiger partial charge is 0.480 e. The zero-order valence-electron chi connectivity index (χ0n) is 8.82. The van der Waals surface area contributed by atoms with E-state index in [2.05, 4.69) is 5.92 Å². The smallest absolute Gasteiger partial charge is 0.319 e. The molecule has 0 saturated heterocycles. The summed E-state index contributed by atoms with van der Waals surface area (Å²) in [6.07, 6.45) is 6.79. The second-order valence-corrected chi connectivity index (χ2v) is 3.76. The number of carbonyl (C=O) groups excluding carboxylic acids is 1. The second kappa shape index (κ2) is 4.35. The van der Waals surface area contributed by atoms with Crippen molar-refractivity contribution >= 4 is 11.9 Å². The number of carboxylic acids is 1. The molecular weight excluding hydrogens is 194 g/mol. The third-order valence-electron chi connectivity index (χ3n) is 2.98. The minimum atomic E-state index is -1.19. The average molecular weight is 209 g/mol. The maximum Gasteiger partial charge on any atom is 0.319 e. The summed E-state index contributed by atoms with van der Waals surface area (Å²) in [5.41, 5.74) is -1.19. The number of terminal acetylenes is 1. The fourth-order valence-electron chi connectivity index (χ4n) is 1.79. The Labute approximate surface area is 89.3 Å². The first-order chi connectivity index (χ1) is 7.08. The SMILES string of the molecule is C#CCN(CC)C(=O)C1(C(=O)O)CCC1. The first-order valence-corrected chi connectivity index (χ1v) is 5.04. The summed E-state index contributed by atoms with van der Waals surface area (Å²) in [5, 5.41) is 9.07. The van der Waals surface area contributed by atoms with Crippen LogP contribution in [-0.4, -0.2) is 35.0 Å². The Bertz CT molecular complexity index is 312. The zero-order valence-corrected chi connectivity index (χ0v) is 8.82. The predicted molar refractivity (Wildman–Crippen MR) is 55.0 cm³/mol. The lowest BCUT2D eigenvalue weighted by atomic mass is 9.67. The maximum atomic E-state index is 12.0. The number of carbonyl (C=O) groups is 2. The first kappa shape index (κ1) is 11.6. The van der Waals surface area contributed by atoms with Gasteiger partial charge in [-0.15, -0.1) is 6.42 Å². The van der Waals surface area contributed by atoms with Gasteiger partial charge >= 0.3 is 5.97 Å². The predicted octanol–water partition coefficient (Wildman–Crippen LogP) is 0.723. The van der Waals surface area contributed by atoms with Crippen molar-refractivity contribution in [2.75, 3.05) is 13.1 Å². The Morgan fingerprint density at radius 3 is 2.40 bits per heavy atom. The topological polar surface area (TPSA) is 57.6 Å². The van der Waals surface area contributed by atoms with Crippen LogP contribution in [0.1, 0.15) is 26.2 Å². The summed E-state index contributed by atoms with van der Waals surface area (Å²) >= 11 is 0. The molecule has 0 aromatic carbocycles. The van der Waals surface area contributed by atoms with Crippen molar-refractivity contribution in [1.29, 1.82) is 0 Å². The highest BCUT2D eigenvalue weighted by Crippen LogP contribution is 2.42. The lowest BCUT2D eigenvalue weighted by molar-refractivity contribution is -0.167. The van der Waals surface area contributed by atoms with Crippen molar-refractivity contribution < 1.29 is 14.7 Å². The summed E-state index contributed by atoms with van der Waals surface area (Å²) in [5.74, 6) is 1.02. The van der Waals surface area contributed by atoms with E-state index < -0.39 is 11.4 Å². The molecule has 1 amide bonds. The molecule has 0 aliphatic heterocycles. The van der Waals surface area contributed by atoms with Gasteiger partial charge in [0.1, 0.15) is 5.41 Å². The molecular formula is C11H15NO3. The van der Waals surface area contributed by atoms with Gasteiger partial charge in [-0.2, -0.15) is 0 Å². The van der Waals surface area contributed by atoms with Crippen LogP contribution in [0.2, 0.25) is 0 Å². The third-order valence-corrected chi connectivity index (χ3v) is 2.98. The summed E-state index contributed by atoms with van der Waals surface area (Å²) in [6.45, 7) is 2.44. The van der Waals surface area contributed by atoms with Crippen LogP contribution >= 0.6 is 0 Å². The van der Waals surface area contributed by atoms with E-state index in [1.807, 2.05) is 0 Å². The minimum absolute atomic E-state index is 0.185. The second-order valence-electron chi connectivity index (χ2n) is 3.76. The lowest BCUT2D eigenvalue weighted by Gasteiger charge is -2.39. The summed E-state index contributed by atoms with van der Waals surface area (Å²) < 4.78 is 0. The Kier molecular flexibility index (Phi) is 3.35. The van der Waals surface area contributed by atoms with Crippen molar-refractivity contribution in [3.05, 3.63) is 0 Å². The Morgan fingerprint density at radius 2 is 2.13 bits per heavy atom. The van der Waals surface area contributed by atoms with Crippen LogP contribution < -0.4 is 0 Å². The zero-order chi connectivity index (χ0) is 11.5. The molecule has 0 unspecified atom stereocenters. The summed E-state index contributed by atoms with van der Waals surface area (Å²) in [7, 11) is 0. The molecule has 0 radical (unpaired) electrons. The third kappa shape index (κ3) is 1.82. The molecule has 82 valence electrons. The van der Waals surface area contributed by atoms with Crippen LogP contribution in [0.4, 0.5) is 0 Å². The normalized spacial score (nSPS) is 17.3. The molecule has 0 aromatic heterocycles. The molecule has 0 spiro atoms. The number of hydrogen-bond acceptors (Lipinski definition) is 2. The molecule has 1 fully saturated rings. The number of amides is 1. The van der Waals surface area contributed by atoms with Crippen molar-refractivity contribution in [1.82, 2.24) is 4.90 Å². The van der Waals surface area contributed by atoms with Gasteiger partial charge in [0.2, 0.25) is 5.91 Å². The minimum Gasteiger partial charge on any atom is -0.480 e. The van der Waals surface area contributed by atoms with Gasteiger partial charge in [-0.25, -0.2) is 0 Å². The van der Waals surface area contributed by atoms with E-state index in [4.69, 9.17) is 11.5 Å². The highest BCUT2D eigenvalue weighted by molar-refractivity contribution is 6.02. The van der Waals surface area contributed by atoms with Crippen molar-refractivity contribution in [3.8, 4) is 12.3 Å². The van der Waals surface area contributed by atoms with Crippen LogP contribution in [0.5, 0.6) is 0 Å². The Hall–Kier alpha value is -1.50. The van der Waals surface area contributed by atoms with Crippen molar-refractivity contribution in [3.63, 3.8) is 0 Å². The molecule has 4 heteroatoms. The first-order valence-electron chi connectivity index (χ1n) is 5.04. The quantitative estimate of drug-likeness (QED) is 0.548. The molecule has 1 N–H and O–H groups in total. The van der Waals surface area contributed by atoms with Gasteiger partial charge in [-0.1, -0.05) is 12.3 Å². The van der Waals surface area contributed by atoms with Gasteiger partial charge < -0.3 is 10.0 Å². The fourth-order valence-corrected chi connectivity index (χ4v) is 1.79. The maximum absolute atomic E-state index is 12.0. The molecule has 1 aliphatic carbocycles. The fraction of sp³-hybridized carbons (Fsp3) is 0.636. The van der Waals surface area contributed by atoms with Crippen molar-refractivity contribution in [2.24, 2.45) is 5.41 Å². The number of carboxylic acid groups (broad SMARTS) is 1. The molecule has 0 bridgehead atoms. The standard InChI is InChI=1S/C11H15NO3/c1-3-8-12(4-2)9(13)11(10(14)15)6-5-7-11/h1H,4-8H2,2H3,(H,14,15). The van der Waals surface area contributed by atoms with Crippen LogP contribution in [-0.2, 0) is 9.59 Å². The number of nitrogens with zero attached hydrogens (tertiary/aromatic N) is 1. The highest BCUT2D eigenvalue weighted by atomic mass is 16.4. The Balaban J connectivity index is 2.81. The van der Waals surface area contributed by atoms with E-state index in [1.54, 1.807) is 6.92 Å². The number of hydrogen-bond donors (Lipinski definition) is 1. The summed E-state index contributed by atoms with van der Waals surface area (Å²) in [6, 6.07) is 0. The Morgan fingerprint density at radius 1 is 1.53 bits per heavy atom. The number of aliphatic carboxylic acids is 1. The van der Waals surface area contributed by atoms with Gasteiger partial charge in [-0.3, -0.25) is 9.59 Å². The van der Waals surface area contributed by atoms with E-state index in [0.29, 0.717) is 19.4 Å². The molecule has 1 aliphatic rings. The molecule has 1 rings (SSSR count). The van der Waals surface area contributed by atoms with Gasteiger partial charge in [0.25, 0.3) is 0 Å². The molecule has 1 saturated carbocycles. The van der Waals surface area contributed by atoms with E-state index in [1.165, 1.54) is 4.90 Å².